The lowest BCUT2D eigenvalue weighted by Crippen LogP contribution is -2.21. The van der Waals surface area contributed by atoms with Crippen molar-refractivity contribution in [1.82, 2.24) is 5.32 Å². The molecule has 108 valence electrons. The van der Waals surface area contributed by atoms with Crippen molar-refractivity contribution in [1.29, 1.82) is 0 Å². The van der Waals surface area contributed by atoms with Gasteiger partial charge in [-0.1, -0.05) is 26.0 Å². The van der Waals surface area contributed by atoms with Gasteiger partial charge >= 0.3 is 6.18 Å². The highest BCUT2D eigenvalue weighted by Gasteiger charge is 2.30. The fourth-order valence-electron chi connectivity index (χ4n) is 1.89. The number of nitrogens with one attached hydrogen (secondary N) is 1. The normalized spacial score (nSPS) is 12.1. The van der Waals surface area contributed by atoms with Gasteiger partial charge in [0, 0.05) is 11.6 Å². The van der Waals surface area contributed by atoms with Crippen molar-refractivity contribution in [2.75, 3.05) is 0 Å². The van der Waals surface area contributed by atoms with E-state index >= 15 is 0 Å². The minimum Gasteiger partial charge on any atom is -0.467 e. The minimum absolute atomic E-state index is 0.273. The van der Waals surface area contributed by atoms with Gasteiger partial charge in [-0.05, 0) is 23.8 Å². The SMILES string of the molecule is CC(C)NCc1occc1-c1cccc(C(F)(F)F)c1. The molecule has 0 atom stereocenters. The first-order valence-electron chi connectivity index (χ1n) is 6.35. The summed E-state index contributed by atoms with van der Waals surface area (Å²) in [5, 5.41) is 3.19. The molecule has 5 heteroatoms. The molecule has 0 aliphatic carbocycles. The van der Waals surface area contributed by atoms with Crippen molar-refractivity contribution in [3.05, 3.63) is 47.9 Å². The molecule has 0 aliphatic rings. The molecule has 0 radical (unpaired) electrons. The van der Waals surface area contributed by atoms with Gasteiger partial charge in [0.05, 0.1) is 18.4 Å². The van der Waals surface area contributed by atoms with Gasteiger partial charge in [-0.15, -0.1) is 0 Å². The van der Waals surface area contributed by atoms with Gasteiger partial charge in [-0.25, -0.2) is 0 Å². The summed E-state index contributed by atoms with van der Waals surface area (Å²) < 4.78 is 43.5. The predicted molar refractivity (Wildman–Crippen MR) is 71.1 cm³/mol. The molecule has 0 bridgehead atoms. The van der Waals surface area contributed by atoms with Gasteiger partial charge in [-0.3, -0.25) is 0 Å². The van der Waals surface area contributed by atoms with E-state index in [1.165, 1.54) is 12.3 Å². The van der Waals surface area contributed by atoms with Crippen molar-refractivity contribution in [3.63, 3.8) is 0 Å². The number of benzene rings is 1. The molecule has 2 nitrogen and oxygen atoms in total. The molecule has 20 heavy (non-hydrogen) atoms. The van der Waals surface area contributed by atoms with Crippen molar-refractivity contribution in [3.8, 4) is 11.1 Å². The first kappa shape index (κ1) is 14.7. The Morgan fingerprint density at radius 1 is 1.20 bits per heavy atom. The highest BCUT2D eigenvalue weighted by atomic mass is 19.4. The Bertz CT molecular complexity index is 572. The van der Waals surface area contributed by atoms with Crippen LogP contribution in [0.2, 0.25) is 0 Å². The maximum absolute atomic E-state index is 12.7. The van der Waals surface area contributed by atoms with E-state index in [0.29, 0.717) is 23.4 Å². The second kappa shape index (κ2) is 5.71. The Morgan fingerprint density at radius 2 is 1.95 bits per heavy atom. The summed E-state index contributed by atoms with van der Waals surface area (Å²) >= 11 is 0. The van der Waals surface area contributed by atoms with E-state index in [1.807, 2.05) is 13.8 Å². The molecule has 0 unspecified atom stereocenters. The Labute approximate surface area is 115 Å². The van der Waals surface area contributed by atoms with Gasteiger partial charge in [0.2, 0.25) is 0 Å². The number of alkyl halides is 3. The van der Waals surface area contributed by atoms with E-state index in [-0.39, 0.29) is 6.04 Å². The molecule has 2 aromatic rings. The number of halogens is 3. The summed E-state index contributed by atoms with van der Waals surface area (Å²) in [6, 6.07) is 7.23. The summed E-state index contributed by atoms with van der Waals surface area (Å²) in [6.07, 6.45) is -2.84. The lowest BCUT2D eigenvalue weighted by atomic mass is 10.0. The van der Waals surface area contributed by atoms with Gasteiger partial charge in [0.15, 0.2) is 0 Å². The van der Waals surface area contributed by atoms with Crippen LogP contribution in [0.5, 0.6) is 0 Å². The maximum Gasteiger partial charge on any atom is 0.416 e. The molecule has 0 spiro atoms. The van der Waals surface area contributed by atoms with Gasteiger partial charge < -0.3 is 9.73 Å². The summed E-state index contributed by atoms with van der Waals surface area (Å²) in [6.45, 7) is 4.47. The summed E-state index contributed by atoms with van der Waals surface area (Å²) in [7, 11) is 0. The van der Waals surface area contributed by atoms with Crippen LogP contribution in [-0.2, 0) is 12.7 Å². The second-order valence-electron chi connectivity index (χ2n) is 4.87. The van der Waals surface area contributed by atoms with Gasteiger partial charge in [-0.2, -0.15) is 13.2 Å². The lowest BCUT2D eigenvalue weighted by Gasteiger charge is -2.10. The zero-order valence-electron chi connectivity index (χ0n) is 11.3. The molecular formula is C15H16F3NO. The highest BCUT2D eigenvalue weighted by molar-refractivity contribution is 5.66. The molecule has 1 aromatic carbocycles. The second-order valence-corrected chi connectivity index (χ2v) is 4.87. The minimum atomic E-state index is -4.34. The maximum atomic E-state index is 12.7. The Balaban J connectivity index is 2.30. The van der Waals surface area contributed by atoms with Crippen LogP contribution in [0.3, 0.4) is 0 Å². The van der Waals surface area contributed by atoms with Gasteiger partial charge in [0.25, 0.3) is 0 Å². The predicted octanol–water partition coefficient (Wildman–Crippen LogP) is 4.46. The van der Waals surface area contributed by atoms with Crippen LogP contribution in [0.1, 0.15) is 25.2 Å². The Morgan fingerprint density at radius 3 is 2.60 bits per heavy atom. The number of hydrogen-bond donors (Lipinski definition) is 1. The standard InChI is InChI=1S/C15H16F3NO/c1-10(2)19-9-14-13(6-7-20-14)11-4-3-5-12(8-11)15(16,17)18/h3-8,10,19H,9H2,1-2H3. The van der Waals surface area contributed by atoms with Crippen LogP contribution in [0.25, 0.3) is 11.1 Å². The molecule has 1 aromatic heterocycles. The van der Waals surface area contributed by atoms with Crippen molar-refractivity contribution >= 4 is 0 Å². The third kappa shape index (κ3) is 3.42. The molecular weight excluding hydrogens is 267 g/mol. The van der Waals surface area contributed by atoms with Crippen LogP contribution < -0.4 is 5.32 Å². The average molecular weight is 283 g/mol. The third-order valence-electron chi connectivity index (χ3n) is 2.92. The quantitative estimate of drug-likeness (QED) is 0.896. The molecule has 0 aliphatic heterocycles. The topological polar surface area (TPSA) is 25.2 Å². The summed E-state index contributed by atoms with van der Waals surface area (Å²) in [5.74, 6) is 0.637. The van der Waals surface area contributed by atoms with Crippen LogP contribution in [0, 0.1) is 0 Å². The lowest BCUT2D eigenvalue weighted by molar-refractivity contribution is -0.137. The van der Waals surface area contributed by atoms with Crippen molar-refractivity contribution < 1.29 is 17.6 Å². The van der Waals surface area contributed by atoms with E-state index in [1.54, 1.807) is 12.1 Å². The zero-order chi connectivity index (χ0) is 14.8. The smallest absolute Gasteiger partial charge is 0.416 e. The van der Waals surface area contributed by atoms with E-state index in [2.05, 4.69) is 5.32 Å². The molecule has 2 rings (SSSR count). The van der Waals surface area contributed by atoms with E-state index in [0.717, 1.165) is 12.1 Å². The molecule has 0 saturated heterocycles. The summed E-state index contributed by atoms with van der Waals surface area (Å²) in [4.78, 5) is 0. The fourth-order valence-corrected chi connectivity index (χ4v) is 1.89. The van der Waals surface area contributed by atoms with Crippen LogP contribution in [0.4, 0.5) is 13.2 Å². The van der Waals surface area contributed by atoms with Crippen LogP contribution >= 0.6 is 0 Å². The number of furan rings is 1. The average Bonchev–Trinajstić information content (AvgIpc) is 2.83. The van der Waals surface area contributed by atoms with Crippen LogP contribution in [0.15, 0.2) is 41.0 Å². The van der Waals surface area contributed by atoms with Crippen molar-refractivity contribution in [2.24, 2.45) is 0 Å². The first-order valence-corrected chi connectivity index (χ1v) is 6.35. The summed E-state index contributed by atoms with van der Waals surface area (Å²) in [5.41, 5.74) is 0.539. The van der Waals surface area contributed by atoms with Crippen molar-refractivity contribution in [2.45, 2.75) is 32.6 Å². The van der Waals surface area contributed by atoms with E-state index in [4.69, 9.17) is 4.42 Å². The van der Waals surface area contributed by atoms with E-state index in [9.17, 15) is 13.2 Å². The Kier molecular flexibility index (Phi) is 4.18. The molecule has 0 saturated carbocycles. The fraction of sp³-hybridized carbons (Fsp3) is 0.333. The molecule has 1 heterocycles. The number of hydrogen-bond acceptors (Lipinski definition) is 2. The molecule has 0 amide bonds. The molecule has 0 fully saturated rings. The highest BCUT2D eigenvalue weighted by Crippen LogP contribution is 2.33. The monoisotopic (exact) mass is 283 g/mol. The van der Waals surface area contributed by atoms with E-state index < -0.39 is 11.7 Å². The third-order valence-corrected chi connectivity index (χ3v) is 2.92. The molecule has 1 N–H and O–H groups in total. The van der Waals surface area contributed by atoms with Gasteiger partial charge in [0.1, 0.15) is 5.76 Å². The Hall–Kier alpha value is -1.75. The first-order chi connectivity index (χ1) is 9.38. The zero-order valence-corrected chi connectivity index (χ0v) is 11.3. The number of rotatable bonds is 4. The van der Waals surface area contributed by atoms with Crippen LogP contribution in [-0.4, -0.2) is 6.04 Å². The largest absolute Gasteiger partial charge is 0.467 e.